The Bertz CT molecular complexity index is 1960. The summed E-state index contributed by atoms with van der Waals surface area (Å²) in [6.07, 6.45) is -1.02. The molecule has 0 radical (unpaired) electrons. The van der Waals surface area contributed by atoms with Crippen molar-refractivity contribution in [2.75, 3.05) is 0 Å². The third-order valence-electron chi connectivity index (χ3n) is 8.89. The number of unbranched alkanes of at least 4 members (excludes halogenated alkanes) is 1. The average molecular weight is 751 g/mol. The Kier molecular flexibility index (Phi) is 12.3. The zero-order chi connectivity index (χ0) is 38.5. The van der Waals surface area contributed by atoms with E-state index in [9.17, 15) is 43.9 Å². The molecule has 6 rings (SSSR count). The van der Waals surface area contributed by atoms with Crippen LogP contribution in [0, 0.1) is 23.3 Å². The van der Waals surface area contributed by atoms with Gasteiger partial charge in [-0.2, -0.15) is 0 Å². The lowest BCUT2D eigenvalue weighted by Crippen LogP contribution is -2.17. The zero-order valence-corrected chi connectivity index (χ0v) is 28.9. The van der Waals surface area contributed by atoms with Crippen LogP contribution in [0.15, 0.2) is 60.7 Å². The fourth-order valence-corrected chi connectivity index (χ4v) is 6.55. The normalized spacial score (nSPS) is 14.0. The van der Waals surface area contributed by atoms with Gasteiger partial charge in [-0.15, -0.1) is 26.3 Å². The molecule has 0 unspecified atom stereocenters. The molecule has 0 N–H and O–H groups in total. The van der Waals surface area contributed by atoms with Crippen molar-refractivity contribution in [2.45, 2.75) is 84.4 Å². The number of hydrogen-bond acceptors (Lipinski definition) is 2. The second-order valence-electron chi connectivity index (χ2n) is 12.9. The van der Waals surface area contributed by atoms with Crippen LogP contribution in [0.1, 0.15) is 90.5 Å². The van der Waals surface area contributed by atoms with Crippen molar-refractivity contribution in [3.05, 3.63) is 128 Å². The molecule has 282 valence electrons. The van der Waals surface area contributed by atoms with Crippen LogP contribution >= 0.6 is 0 Å². The fraction of sp³-hybridized carbons (Fsp3) is 0.317. The molecule has 0 aliphatic heterocycles. The van der Waals surface area contributed by atoms with Gasteiger partial charge in [0, 0.05) is 11.1 Å². The van der Waals surface area contributed by atoms with Crippen molar-refractivity contribution >= 4 is 23.3 Å². The lowest BCUT2D eigenvalue weighted by molar-refractivity contribution is -0.275. The van der Waals surface area contributed by atoms with Gasteiger partial charge in [-0.1, -0.05) is 51.0 Å². The minimum Gasteiger partial charge on any atom is -0.406 e. The molecule has 0 amide bonds. The Balaban J connectivity index is 0.000000204. The molecular weight excluding hydrogens is 714 g/mol. The Hall–Kier alpha value is -4.74. The quantitative estimate of drug-likeness (QED) is 0.159. The lowest BCUT2D eigenvalue weighted by Gasteiger charge is -2.19. The maximum Gasteiger partial charge on any atom is 0.573 e. The second-order valence-corrected chi connectivity index (χ2v) is 12.9. The van der Waals surface area contributed by atoms with Crippen molar-refractivity contribution < 1.29 is 53.4 Å². The Morgan fingerprint density at radius 3 is 1.26 bits per heavy atom. The molecule has 4 aromatic rings. The molecule has 2 aliphatic carbocycles. The molecule has 0 bridgehead atoms. The van der Waals surface area contributed by atoms with Gasteiger partial charge < -0.3 is 9.47 Å². The van der Waals surface area contributed by atoms with E-state index in [-0.39, 0.29) is 22.6 Å². The number of benzene rings is 4. The van der Waals surface area contributed by atoms with Gasteiger partial charge in [-0.05, 0) is 138 Å². The van der Waals surface area contributed by atoms with E-state index in [0.717, 1.165) is 19.3 Å². The first-order valence-corrected chi connectivity index (χ1v) is 17.2. The summed E-state index contributed by atoms with van der Waals surface area (Å²) in [7, 11) is 0. The number of aryl methyl sites for hydroxylation is 4. The number of rotatable bonds is 9. The second kappa shape index (κ2) is 16.5. The number of hydrogen-bond donors (Lipinski definition) is 0. The number of allylic oxidation sites excluding steroid dienone is 2. The number of fused-ring (bicyclic) bond motifs is 2. The number of alkyl halides is 6. The van der Waals surface area contributed by atoms with Gasteiger partial charge in [0.05, 0.1) is 0 Å². The summed E-state index contributed by atoms with van der Waals surface area (Å²) in [4.78, 5) is 0. The predicted octanol–water partition coefficient (Wildman–Crippen LogP) is 13.0. The Labute approximate surface area is 300 Å². The Morgan fingerprint density at radius 2 is 0.906 bits per heavy atom. The standard InChI is InChI=1S/C21H19F5O.C20H17F5O/c1-2-3-4-13-9-18(22)20(19(23)10-13)16-6-5-15-12-17(27-21(24,25)26)8-7-14(15)11-16;1-2-3-12-8-17(21)19(18(22)9-12)15-5-4-14-11-16(26-20(23,24)25)7-6-13(14)10-15/h7-12H,2-6H2,1H3;6-11H,2-5H2,1H3. The van der Waals surface area contributed by atoms with Gasteiger partial charge in [0.15, 0.2) is 0 Å². The molecular formula is C41H36F10O2. The first-order valence-electron chi connectivity index (χ1n) is 17.2. The third kappa shape index (κ3) is 10.4. The van der Waals surface area contributed by atoms with Gasteiger partial charge in [0.2, 0.25) is 0 Å². The SMILES string of the molecule is CCCCc1cc(F)c(C2=Cc3ccc(OC(F)(F)F)cc3CC2)c(F)c1.CCCc1cc(F)c(C2=Cc3ccc(OC(F)(F)F)cc3CC2)c(F)c1. The van der Waals surface area contributed by atoms with Crippen LogP contribution in [-0.4, -0.2) is 12.7 Å². The molecule has 4 aromatic carbocycles. The van der Waals surface area contributed by atoms with Crippen LogP contribution in [0.3, 0.4) is 0 Å². The highest BCUT2D eigenvalue weighted by Crippen LogP contribution is 2.38. The van der Waals surface area contributed by atoms with Crippen LogP contribution in [0.4, 0.5) is 43.9 Å². The summed E-state index contributed by atoms with van der Waals surface area (Å²) in [6.45, 7) is 3.94. The van der Waals surface area contributed by atoms with Gasteiger partial charge in [-0.25, -0.2) is 17.6 Å². The van der Waals surface area contributed by atoms with E-state index in [1.54, 1.807) is 12.2 Å². The zero-order valence-electron chi connectivity index (χ0n) is 28.9. The third-order valence-corrected chi connectivity index (χ3v) is 8.89. The highest BCUT2D eigenvalue weighted by atomic mass is 19.4. The van der Waals surface area contributed by atoms with Crippen molar-refractivity contribution in [3.8, 4) is 11.5 Å². The van der Waals surface area contributed by atoms with Crippen LogP contribution in [0.5, 0.6) is 11.5 Å². The molecule has 0 spiro atoms. The molecule has 53 heavy (non-hydrogen) atoms. The van der Waals surface area contributed by atoms with E-state index < -0.39 is 36.0 Å². The topological polar surface area (TPSA) is 18.5 Å². The van der Waals surface area contributed by atoms with E-state index in [2.05, 4.69) is 9.47 Å². The summed E-state index contributed by atoms with van der Waals surface area (Å²) >= 11 is 0. The summed E-state index contributed by atoms with van der Waals surface area (Å²) in [6, 6.07) is 13.4. The molecule has 0 heterocycles. The first-order chi connectivity index (χ1) is 25.0. The maximum atomic E-state index is 14.5. The van der Waals surface area contributed by atoms with Crippen molar-refractivity contribution in [3.63, 3.8) is 0 Å². The fourth-order valence-electron chi connectivity index (χ4n) is 6.55. The van der Waals surface area contributed by atoms with E-state index in [1.807, 2.05) is 13.8 Å². The molecule has 0 aromatic heterocycles. The summed E-state index contributed by atoms with van der Waals surface area (Å²) in [5.74, 6) is -3.02. The van der Waals surface area contributed by atoms with Crippen molar-refractivity contribution in [1.29, 1.82) is 0 Å². The van der Waals surface area contributed by atoms with Gasteiger partial charge in [0.25, 0.3) is 0 Å². The maximum absolute atomic E-state index is 14.5. The molecule has 2 aliphatic rings. The minimum atomic E-state index is -4.75. The molecule has 0 saturated heterocycles. The number of ether oxygens (including phenoxy) is 2. The molecule has 0 fully saturated rings. The van der Waals surface area contributed by atoms with E-state index in [4.69, 9.17) is 0 Å². The predicted molar refractivity (Wildman–Crippen MR) is 184 cm³/mol. The number of halogens is 10. The monoisotopic (exact) mass is 750 g/mol. The Morgan fingerprint density at radius 1 is 0.509 bits per heavy atom. The molecule has 0 atom stereocenters. The van der Waals surface area contributed by atoms with Crippen molar-refractivity contribution in [1.82, 2.24) is 0 Å². The largest absolute Gasteiger partial charge is 0.573 e. The van der Waals surface area contributed by atoms with Gasteiger partial charge in [-0.3, -0.25) is 0 Å². The first kappa shape index (κ1) is 39.5. The molecule has 12 heteroatoms. The molecule has 2 nitrogen and oxygen atoms in total. The lowest BCUT2D eigenvalue weighted by atomic mass is 9.87. The van der Waals surface area contributed by atoms with Crippen molar-refractivity contribution in [2.24, 2.45) is 0 Å². The van der Waals surface area contributed by atoms with Crippen LogP contribution in [-0.2, 0) is 25.7 Å². The average Bonchev–Trinajstić information content (AvgIpc) is 3.06. The minimum absolute atomic E-state index is 0.0588. The van der Waals surface area contributed by atoms with Crippen LogP contribution < -0.4 is 9.47 Å². The van der Waals surface area contributed by atoms with E-state index in [1.165, 1.54) is 60.7 Å². The van der Waals surface area contributed by atoms with Gasteiger partial charge in [0.1, 0.15) is 34.8 Å². The smallest absolute Gasteiger partial charge is 0.406 e. The van der Waals surface area contributed by atoms with Crippen LogP contribution in [0.25, 0.3) is 23.3 Å². The summed E-state index contributed by atoms with van der Waals surface area (Å²) < 4.78 is 140. The highest BCUT2D eigenvalue weighted by Gasteiger charge is 2.32. The summed E-state index contributed by atoms with van der Waals surface area (Å²) in [5, 5.41) is 0. The van der Waals surface area contributed by atoms with Gasteiger partial charge >= 0.3 is 12.7 Å². The highest BCUT2D eigenvalue weighted by molar-refractivity contribution is 5.86. The molecule has 0 saturated carbocycles. The summed E-state index contributed by atoms with van der Waals surface area (Å²) in [5.41, 5.74) is 4.70. The van der Waals surface area contributed by atoms with E-state index >= 15 is 0 Å². The van der Waals surface area contributed by atoms with E-state index in [0.29, 0.717) is 83.1 Å². The van der Waals surface area contributed by atoms with Crippen LogP contribution in [0.2, 0.25) is 0 Å².